The van der Waals surface area contributed by atoms with Crippen LogP contribution in [-0.4, -0.2) is 62.4 Å². The van der Waals surface area contributed by atoms with Crippen molar-refractivity contribution in [3.8, 4) is 11.5 Å². The molecular weight excluding hydrogens is 362 g/mol. The van der Waals surface area contributed by atoms with Crippen LogP contribution in [0, 0.1) is 0 Å². The van der Waals surface area contributed by atoms with Crippen LogP contribution in [0.25, 0.3) is 0 Å². The average molecular weight is 385 g/mol. The fourth-order valence-electron chi connectivity index (χ4n) is 2.56. The molecule has 2 rings (SSSR count). The molecule has 1 aromatic carbocycles. The van der Waals surface area contributed by atoms with E-state index in [1.807, 2.05) is 6.92 Å². The number of sulfone groups is 1. The lowest BCUT2D eigenvalue weighted by atomic mass is 10.3. The number of rotatable bonds is 8. The molecule has 0 bridgehead atoms. The lowest BCUT2D eigenvalue weighted by Crippen LogP contribution is -2.37. The number of benzene rings is 1. The van der Waals surface area contributed by atoms with Crippen LogP contribution in [-0.2, 0) is 19.4 Å². The minimum absolute atomic E-state index is 0.0508. The molecule has 0 aromatic heterocycles. The van der Waals surface area contributed by atoms with E-state index in [2.05, 4.69) is 0 Å². The van der Waals surface area contributed by atoms with E-state index in [0.29, 0.717) is 37.6 Å². The highest BCUT2D eigenvalue weighted by Crippen LogP contribution is 2.32. The van der Waals surface area contributed by atoms with E-state index in [4.69, 9.17) is 14.6 Å². The van der Waals surface area contributed by atoms with Gasteiger partial charge in [0.15, 0.2) is 21.3 Å². The van der Waals surface area contributed by atoms with Gasteiger partial charge in [0.2, 0.25) is 5.91 Å². The number of carboxylic acid groups (broad SMARTS) is 1. The zero-order valence-corrected chi connectivity index (χ0v) is 15.5. The largest absolute Gasteiger partial charge is 0.490 e. The summed E-state index contributed by atoms with van der Waals surface area (Å²) in [5.74, 6) is -1.16. The molecule has 1 aliphatic rings. The van der Waals surface area contributed by atoms with Gasteiger partial charge in [-0.1, -0.05) is 6.92 Å². The highest BCUT2D eigenvalue weighted by atomic mass is 32.2. The Kier molecular flexibility index (Phi) is 6.84. The summed E-state index contributed by atoms with van der Waals surface area (Å²) < 4.78 is 36.0. The molecule has 1 amide bonds. The van der Waals surface area contributed by atoms with E-state index < -0.39 is 34.0 Å². The van der Waals surface area contributed by atoms with Crippen molar-refractivity contribution >= 4 is 21.7 Å². The smallest absolute Gasteiger partial charge is 0.323 e. The molecule has 0 radical (unpaired) electrons. The first-order valence-electron chi connectivity index (χ1n) is 8.45. The maximum Gasteiger partial charge on any atom is 0.323 e. The summed E-state index contributed by atoms with van der Waals surface area (Å²) in [6.45, 7) is 2.60. The van der Waals surface area contributed by atoms with Crippen LogP contribution in [0.2, 0.25) is 0 Å². The molecule has 9 heteroatoms. The standard InChI is InChI=1S/C17H23NO7S/c1-2-7-18(12-17(20)21)16(19)6-10-26(22,23)13-4-5-14-15(11-13)25-9-3-8-24-14/h4-5,11H,2-3,6-10,12H2,1H3,(H,20,21). The van der Waals surface area contributed by atoms with Crippen LogP contribution >= 0.6 is 0 Å². The number of hydrogen-bond donors (Lipinski definition) is 1. The van der Waals surface area contributed by atoms with E-state index in [1.165, 1.54) is 12.1 Å². The number of hydrogen-bond acceptors (Lipinski definition) is 6. The van der Waals surface area contributed by atoms with Gasteiger partial charge in [-0.15, -0.1) is 0 Å². The van der Waals surface area contributed by atoms with Crippen LogP contribution in [0.3, 0.4) is 0 Å². The van der Waals surface area contributed by atoms with Crippen LogP contribution in [0.5, 0.6) is 11.5 Å². The summed E-state index contributed by atoms with van der Waals surface area (Å²) in [5.41, 5.74) is 0. The number of ether oxygens (including phenoxy) is 2. The van der Waals surface area contributed by atoms with Gasteiger partial charge in [0, 0.05) is 25.5 Å². The Labute approximate surface area is 152 Å². The molecular formula is C17H23NO7S. The van der Waals surface area contributed by atoms with Crippen molar-refractivity contribution in [2.75, 3.05) is 32.1 Å². The van der Waals surface area contributed by atoms with Gasteiger partial charge < -0.3 is 19.5 Å². The topological polar surface area (TPSA) is 110 Å². The Bertz CT molecular complexity index is 760. The second kappa shape index (κ2) is 8.88. The molecule has 26 heavy (non-hydrogen) atoms. The van der Waals surface area contributed by atoms with E-state index >= 15 is 0 Å². The highest BCUT2D eigenvalue weighted by molar-refractivity contribution is 7.91. The Hall–Kier alpha value is -2.29. The van der Waals surface area contributed by atoms with Gasteiger partial charge in [-0.05, 0) is 18.6 Å². The summed E-state index contributed by atoms with van der Waals surface area (Å²) in [7, 11) is -3.71. The number of amides is 1. The third kappa shape index (κ3) is 5.35. The number of aliphatic carboxylic acids is 1. The van der Waals surface area contributed by atoms with Crippen LogP contribution < -0.4 is 9.47 Å². The van der Waals surface area contributed by atoms with E-state index in [9.17, 15) is 18.0 Å². The normalized spacial score (nSPS) is 13.7. The molecule has 0 spiro atoms. The summed E-state index contributed by atoms with van der Waals surface area (Å²) in [4.78, 5) is 24.2. The molecule has 0 atom stereocenters. The van der Waals surface area contributed by atoms with Gasteiger partial charge in [-0.2, -0.15) is 0 Å². The summed E-state index contributed by atoms with van der Waals surface area (Å²) in [5, 5.41) is 8.86. The van der Waals surface area contributed by atoms with Gasteiger partial charge in [-0.3, -0.25) is 9.59 Å². The third-order valence-corrected chi connectivity index (χ3v) is 5.55. The van der Waals surface area contributed by atoms with E-state index in [0.717, 1.165) is 4.90 Å². The van der Waals surface area contributed by atoms with Crippen molar-refractivity contribution in [1.29, 1.82) is 0 Å². The molecule has 0 saturated heterocycles. The zero-order valence-electron chi connectivity index (χ0n) is 14.6. The van der Waals surface area contributed by atoms with E-state index in [1.54, 1.807) is 6.07 Å². The fourth-order valence-corrected chi connectivity index (χ4v) is 3.80. The number of nitrogens with zero attached hydrogens (tertiary/aromatic N) is 1. The zero-order chi connectivity index (χ0) is 19.2. The Morgan fingerprint density at radius 2 is 1.88 bits per heavy atom. The predicted molar refractivity (Wildman–Crippen MR) is 93.2 cm³/mol. The molecule has 0 fully saturated rings. The Balaban J connectivity index is 2.07. The fraction of sp³-hybridized carbons (Fsp3) is 0.529. The Morgan fingerprint density at radius 1 is 1.19 bits per heavy atom. The molecule has 1 aliphatic heterocycles. The first-order valence-corrected chi connectivity index (χ1v) is 10.1. The van der Waals surface area contributed by atoms with Gasteiger partial charge in [0.1, 0.15) is 6.54 Å². The van der Waals surface area contributed by atoms with Gasteiger partial charge in [0.25, 0.3) is 0 Å². The van der Waals surface area contributed by atoms with Crippen molar-refractivity contribution in [3.63, 3.8) is 0 Å². The van der Waals surface area contributed by atoms with Crippen molar-refractivity contribution < 1.29 is 32.6 Å². The second-order valence-corrected chi connectivity index (χ2v) is 8.05. The van der Waals surface area contributed by atoms with E-state index in [-0.39, 0.29) is 17.9 Å². The monoisotopic (exact) mass is 385 g/mol. The summed E-state index contributed by atoms with van der Waals surface area (Å²) in [6, 6.07) is 4.37. The van der Waals surface area contributed by atoms with Crippen molar-refractivity contribution in [2.24, 2.45) is 0 Å². The molecule has 0 unspecified atom stereocenters. The van der Waals surface area contributed by atoms with Crippen molar-refractivity contribution in [1.82, 2.24) is 4.90 Å². The maximum atomic E-state index is 12.5. The molecule has 0 saturated carbocycles. The third-order valence-electron chi connectivity index (χ3n) is 3.84. The molecule has 0 aliphatic carbocycles. The lowest BCUT2D eigenvalue weighted by Gasteiger charge is -2.19. The molecule has 1 N–H and O–H groups in total. The minimum Gasteiger partial charge on any atom is -0.490 e. The van der Waals surface area contributed by atoms with Gasteiger partial charge in [-0.25, -0.2) is 8.42 Å². The SMILES string of the molecule is CCCN(CC(=O)O)C(=O)CCS(=O)(=O)c1ccc2c(c1)OCCCO2. The summed E-state index contributed by atoms with van der Waals surface area (Å²) in [6.07, 6.45) is 1.03. The molecule has 1 aromatic rings. The van der Waals surface area contributed by atoms with Gasteiger partial charge >= 0.3 is 5.97 Å². The van der Waals surface area contributed by atoms with Crippen LogP contribution in [0.4, 0.5) is 0 Å². The summed E-state index contributed by atoms with van der Waals surface area (Å²) >= 11 is 0. The molecule has 8 nitrogen and oxygen atoms in total. The van der Waals surface area contributed by atoms with Crippen LogP contribution in [0.1, 0.15) is 26.2 Å². The first-order chi connectivity index (χ1) is 12.3. The average Bonchev–Trinajstić information content (AvgIpc) is 2.83. The number of fused-ring (bicyclic) bond motifs is 1. The maximum absolute atomic E-state index is 12.5. The lowest BCUT2D eigenvalue weighted by molar-refractivity contribution is -0.144. The molecule has 144 valence electrons. The molecule has 1 heterocycles. The highest BCUT2D eigenvalue weighted by Gasteiger charge is 2.22. The first kappa shape index (κ1) is 20.0. The number of carbonyl (C=O) groups excluding carboxylic acids is 1. The predicted octanol–water partition coefficient (Wildman–Crippen LogP) is 1.33. The van der Waals surface area contributed by atoms with Crippen molar-refractivity contribution in [2.45, 2.75) is 31.1 Å². The quantitative estimate of drug-likeness (QED) is 0.719. The number of carbonyl (C=O) groups is 2. The van der Waals surface area contributed by atoms with Crippen molar-refractivity contribution in [3.05, 3.63) is 18.2 Å². The Morgan fingerprint density at radius 3 is 2.54 bits per heavy atom. The minimum atomic E-state index is -3.71. The second-order valence-electron chi connectivity index (χ2n) is 5.94. The number of carboxylic acids is 1. The van der Waals surface area contributed by atoms with Crippen LogP contribution in [0.15, 0.2) is 23.1 Å². The van der Waals surface area contributed by atoms with Gasteiger partial charge in [0.05, 0.1) is 23.9 Å².